The maximum absolute atomic E-state index is 13.4. The maximum Gasteiger partial charge on any atom is 0.246 e. The predicted molar refractivity (Wildman–Crippen MR) is 128 cm³/mol. The van der Waals surface area contributed by atoms with E-state index < -0.39 is 0 Å². The molecule has 1 fully saturated rings. The Bertz CT molecular complexity index is 1040. The number of benzene rings is 3. The van der Waals surface area contributed by atoms with Crippen molar-refractivity contribution in [2.75, 3.05) is 31.5 Å². The van der Waals surface area contributed by atoms with Gasteiger partial charge in [0.2, 0.25) is 5.91 Å². The molecule has 0 spiro atoms. The summed E-state index contributed by atoms with van der Waals surface area (Å²) in [6, 6.07) is 27.2. The Morgan fingerprint density at radius 3 is 2.16 bits per heavy atom. The van der Waals surface area contributed by atoms with E-state index in [1.807, 2.05) is 42.5 Å². The van der Waals surface area contributed by atoms with Crippen LogP contribution >= 0.6 is 0 Å². The molecule has 0 aliphatic carbocycles. The molecular weight excluding hydrogens is 398 g/mol. The zero-order chi connectivity index (χ0) is 22.3. The minimum atomic E-state index is -0.379. The highest BCUT2D eigenvalue weighted by Gasteiger charge is 2.30. The van der Waals surface area contributed by atoms with Crippen molar-refractivity contribution in [1.82, 2.24) is 9.80 Å². The molecule has 0 saturated carbocycles. The first-order chi connectivity index (χ1) is 15.6. The molecule has 4 rings (SSSR count). The van der Waals surface area contributed by atoms with Crippen LogP contribution in [0, 0.1) is 0 Å². The Balaban J connectivity index is 1.47. The summed E-state index contributed by atoms with van der Waals surface area (Å²) < 4.78 is 0. The molecule has 1 aliphatic heterocycles. The second-order valence-corrected chi connectivity index (χ2v) is 8.24. The Labute approximate surface area is 189 Å². The largest absolute Gasteiger partial charge is 0.324 e. The van der Waals surface area contributed by atoms with Crippen molar-refractivity contribution in [2.24, 2.45) is 0 Å². The predicted octanol–water partition coefficient (Wildman–Crippen LogP) is 4.39. The Morgan fingerprint density at radius 1 is 0.844 bits per heavy atom. The van der Waals surface area contributed by atoms with Crippen molar-refractivity contribution < 1.29 is 9.59 Å². The third-order valence-electron chi connectivity index (χ3n) is 5.92. The third-order valence-corrected chi connectivity index (χ3v) is 5.92. The highest BCUT2D eigenvalue weighted by molar-refractivity contribution is 5.98. The number of rotatable bonds is 7. The lowest BCUT2D eigenvalue weighted by Crippen LogP contribution is -2.49. The summed E-state index contributed by atoms with van der Waals surface area (Å²) in [7, 11) is 0. The van der Waals surface area contributed by atoms with Crippen LogP contribution < -0.4 is 5.32 Å². The fourth-order valence-electron chi connectivity index (χ4n) is 4.21. The molecule has 1 amide bonds. The van der Waals surface area contributed by atoms with Gasteiger partial charge in [0.15, 0.2) is 5.78 Å². The highest BCUT2D eigenvalue weighted by atomic mass is 16.2. The zero-order valence-electron chi connectivity index (χ0n) is 18.4. The van der Waals surface area contributed by atoms with Crippen LogP contribution in [0.25, 0.3) is 0 Å². The topological polar surface area (TPSA) is 52.7 Å². The molecule has 3 aromatic rings. The van der Waals surface area contributed by atoms with Gasteiger partial charge >= 0.3 is 0 Å². The van der Waals surface area contributed by atoms with Gasteiger partial charge < -0.3 is 5.32 Å². The first-order valence-corrected chi connectivity index (χ1v) is 11.1. The zero-order valence-corrected chi connectivity index (χ0v) is 18.4. The molecule has 32 heavy (non-hydrogen) atoms. The standard InChI is InChI=1S/C27H29N3O2/c1-21(31)24-13-8-14-25(19-24)28-27(32)26(23-11-6-3-7-12-23)30-17-15-29(16-18-30)20-22-9-4-2-5-10-22/h2-14,19,26H,15-18,20H2,1H3,(H,28,32). The first-order valence-electron chi connectivity index (χ1n) is 11.1. The minimum Gasteiger partial charge on any atom is -0.324 e. The van der Waals surface area contributed by atoms with Crippen LogP contribution in [-0.2, 0) is 11.3 Å². The van der Waals surface area contributed by atoms with E-state index in [0.29, 0.717) is 11.3 Å². The number of nitrogens with one attached hydrogen (secondary N) is 1. The summed E-state index contributed by atoms with van der Waals surface area (Å²) in [4.78, 5) is 29.8. The summed E-state index contributed by atoms with van der Waals surface area (Å²) in [5, 5.41) is 3.04. The molecule has 1 aliphatic rings. The number of ketones is 1. The van der Waals surface area contributed by atoms with Gasteiger partial charge in [0, 0.05) is 44.0 Å². The third kappa shape index (κ3) is 5.49. The summed E-state index contributed by atoms with van der Waals surface area (Å²) in [6.07, 6.45) is 0. The van der Waals surface area contributed by atoms with E-state index in [9.17, 15) is 9.59 Å². The normalized spacial score (nSPS) is 15.8. The summed E-state index contributed by atoms with van der Waals surface area (Å²) >= 11 is 0. The van der Waals surface area contributed by atoms with E-state index in [1.54, 1.807) is 18.2 Å². The van der Waals surface area contributed by atoms with Crippen molar-refractivity contribution >= 4 is 17.4 Å². The monoisotopic (exact) mass is 427 g/mol. The number of amides is 1. The lowest BCUT2D eigenvalue weighted by molar-refractivity contribution is -0.122. The van der Waals surface area contributed by atoms with Gasteiger partial charge in [-0.2, -0.15) is 0 Å². The van der Waals surface area contributed by atoms with Gasteiger partial charge in [0.25, 0.3) is 0 Å². The Hall–Kier alpha value is -3.28. The van der Waals surface area contributed by atoms with Crippen LogP contribution in [0.3, 0.4) is 0 Å². The smallest absolute Gasteiger partial charge is 0.246 e. The van der Waals surface area contributed by atoms with Crippen molar-refractivity contribution in [2.45, 2.75) is 19.5 Å². The number of hydrogen-bond donors (Lipinski definition) is 1. The molecule has 3 aromatic carbocycles. The van der Waals surface area contributed by atoms with Crippen LogP contribution in [0.1, 0.15) is 34.5 Å². The number of Topliss-reactive ketones (excluding diaryl/α,β-unsaturated/α-hetero) is 1. The molecule has 1 N–H and O–H groups in total. The van der Waals surface area contributed by atoms with E-state index >= 15 is 0 Å². The molecule has 0 radical (unpaired) electrons. The van der Waals surface area contributed by atoms with E-state index in [0.717, 1.165) is 38.3 Å². The van der Waals surface area contributed by atoms with E-state index in [4.69, 9.17) is 0 Å². The van der Waals surface area contributed by atoms with Crippen LogP contribution in [-0.4, -0.2) is 47.7 Å². The van der Waals surface area contributed by atoms with Gasteiger partial charge in [0.1, 0.15) is 6.04 Å². The number of carbonyl (C=O) groups is 2. The van der Waals surface area contributed by atoms with E-state index in [2.05, 4.69) is 39.4 Å². The fourth-order valence-corrected chi connectivity index (χ4v) is 4.21. The first kappa shape index (κ1) is 21.9. The highest BCUT2D eigenvalue weighted by Crippen LogP contribution is 2.25. The Morgan fingerprint density at radius 2 is 1.50 bits per heavy atom. The average molecular weight is 428 g/mol. The molecule has 164 valence electrons. The van der Waals surface area contributed by atoms with Crippen LogP contribution in [0.5, 0.6) is 0 Å². The summed E-state index contributed by atoms with van der Waals surface area (Å²) in [5.41, 5.74) is 3.52. The number of anilines is 1. The molecule has 5 heteroatoms. The van der Waals surface area contributed by atoms with Crippen molar-refractivity contribution in [1.29, 1.82) is 0 Å². The average Bonchev–Trinajstić information content (AvgIpc) is 2.82. The summed E-state index contributed by atoms with van der Waals surface area (Å²) in [5.74, 6) is -0.0938. The van der Waals surface area contributed by atoms with E-state index in [-0.39, 0.29) is 17.7 Å². The second kappa shape index (κ2) is 10.4. The molecule has 1 heterocycles. The molecular formula is C27H29N3O2. The van der Waals surface area contributed by atoms with E-state index in [1.165, 1.54) is 12.5 Å². The number of hydrogen-bond acceptors (Lipinski definition) is 4. The van der Waals surface area contributed by atoms with Crippen molar-refractivity contribution in [3.8, 4) is 0 Å². The fraction of sp³-hybridized carbons (Fsp3) is 0.259. The number of carbonyl (C=O) groups excluding carboxylic acids is 2. The lowest BCUT2D eigenvalue weighted by atomic mass is 10.0. The van der Waals surface area contributed by atoms with Gasteiger partial charge in [-0.25, -0.2) is 0 Å². The molecule has 0 aromatic heterocycles. The van der Waals surface area contributed by atoms with Crippen molar-refractivity contribution in [3.05, 3.63) is 102 Å². The SMILES string of the molecule is CC(=O)c1cccc(NC(=O)C(c2ccccc2)N2CCN(Cc3ccccc3)CC2)c1. The molecule has 5 nitrogen and oxygen atoms in total. The minimum absolute atomic E-state index is 0.0183. The molecule has 1 saturated heterocycles. The van der Waals surface area contributed by atoms with Gasteiger partial charge in [-0.15, -0.1) is 0 Å². The quantitative estimate of drug-likeness (QED) is 0.569. The molecule has 1 unspecified atom stereocenters. The van der Waals surface area contributed by atoms with Crippen molar-refractivity contribution in [3.63, 3.8) is 0 Å². The summed E-state index contributed by atoms with van der Waals surface area (Å²) in [6.45, 7) is 5.90. The Kier molecular flexibility index (Phi) is 7.10. The van der Waals surface area contributed by atoms with Gasteiger partial charge in [-0.3, -0.25) is 19.4 Å². The molecule has 0 bridgehead atoms. The van der Waals surface area contributed by atoms with Crippen LogP contribution in [0.2, 0.25) is 0 Å². The van der Waals surface area contributed by atoms with Crippen LogP contribution in [0.4, 0.5) is 5.69 Å². The maximum atomic E-state index is 13.4. The van der Waals surface area contributed by atoms with Crippen LogP contribution in [0.15, 0.2) is 84.9 Å². The molecule has 1 atom stereocenters. The van der Waals surface area contributed by atoms with Gasteiger partial charge in [-0.1, -0.05) is 72.8 Å². The van der Waals surface area contributed by atoms with Gasteiger partial charge in [-0.05, 0) is 30.2 Å². The second-order valence-electron chi connectivity index (χ2n) is 8.24. The number of piperazine rings is 1. The lowest BCUT2D eigenvalue weighted by Gasteiger charge is -2.38. The van der Waals surface area contributed by atoms with Gasteiger partial charge in [0.05, 0.1) is 0 Å². The number of nitrogens with zero attached hydrogens (tertiary/aromatic N) is 2.